The van der Waals surface area contributed by atoms with E-state index < -0.39 is 0 Å². The van der Waals surface area contributed by atoms with E-state index in [1.54, 1.807) is 0 Å². The van der Waals surface area contributed by atoms with Crippen molar-refractivity contribution in [2.45, 2.75) is 45.8 Å². The van der Waals surface area contributed by atoms with Gasteiger partial charge < -0.3 is 18.9 Å². The number of aryl methyl sites for hydroxylation is 1. The second kappa shape index (κ2) is 10.2. The Morgan fingerprint density at radius 1 is 1.03 bits per heavy atom. The lowest BCUT2D eigenvalue weighted by Gasteiger charge is -2.26. The SMILES string of the molecule is CC(C)n1cc(CN2CCOc3ccc(CCC(=O)N4CCOCC4)cc3C2)c2ccccc21. The summed E-state index contributed by atoms with van der Waals surface area (Å²) in [5, 5.41) is 1.33. The van der Waals surface area contributed by atoms with Crippen LogP contribution in [0.15, 0.2) is 48.7 Å². The second-order valence-electron chi connectivity index (χ2n) is 9.67. The first-order valence-electron chi connectivity index (χ1n) is 12.5. The molecule has 180 valence electrons. The van der Waals surface area contributed by atoms with Crippen molar-refractivity contribution in [2.75, 3.05) is 39.5 Å². The van der Waals surface area contributed by atoms with Crippen LogP contribution in [0.2, 0.25) is 0 Å². The van der Waals surface area contributed by atoms with Crippen molar-refractivity contribution >= 4 is 16.8 Å². The molecular weight excluding hydrogens is 426 g/mol. The first-order valence-corrected chi connectivity index (χ1v) is 12.5. The Kier molecular flexibility index (Phi) is 6.88. The zero-order valence-corrected chi connectivity index (χ0v) is 20.3. The topological polar surface area (TPSA) is 46.9 Å². The van der Waals surface area contributed by atoms with Crippen molar-refractivity contribution in [2.24, 2.45) is 0 Å². The Bertz CT molecular complexity index is 1150. The number of aromatic nitrogens is 1. The third-order valence-electron chi connectivity index (χ3n) is 6.95. The Balaban J connectivity index is 1.29. The van der Waals surface area contributed by atoms with Crippen molar-refractivity contribution in [3.8, 4) is 5.75 Å². The number of nitrogens with zero attached hydrogens (tertiary/aromatic N) is 3. The van der Waals surface area contributed by atoms with E-state index >= 15 is 0 Å². The smallest absolute Gasteiger partial charge is 0.223 e. The van der Waals surface area contributed by atoms with Gasteiger partial charge in [0.2, 0.25) is 5.91 Å². The average molecular weight is 462 g/mol. The molecular formula is C28H35N3O3. The number of carbonyl (C=O) groups excluding carboxylic acids is 1. The summed E-state index contributed by atoms with van der Waals surface area (Å²) in [4.78, 5) is 17.0. The molecule has 3 aromatic rings. The monoisotopic (exact) mass is 461 g/mol. The maximum absolute atomic E-state index is 12.6. The normalized spacial score (nSPS) is 17.0. The van der Waals surface area contributed by atoms with Crippen molar-refractivity contribution in [1.29, 1.82) is 0 Å². The van der Waals surface area contributed by atoms with E-state index in [1.165, 1.54) is 27.6 Å². The molecule has 6 nitrogen and oxygen atoms in total. The minimum absolute atomic E-state index is 0.220. The van der Waals surface area contributed by atoms with E-state index in [2.05, 4.69) is 72.0 Å². The van der Waals surface area contributed by atoms with E-state index in [1.807, 2.05) is 4.90 Å². The van der Waals surface area contributed by atoms with E-state index in [0.29, 0.717) is 45.4 Å². The summed E-state index contributed by atoms with van der Waals surface area (Å²) >= 11 is 0. The molecule has 2 aliphatic rings. The van der Waals surface area contributed by atoms with Crippen LogP contribution in [-0.2, 0) is 29.0 Å². The number of amides is 1. The van der Waals surface area contributed by atoms with Crippen LogP contribution < -0.4 is 4.74 Å². The van der Waals surface area contributed by atoms with Gasteiger partial charge in [-0.1, -0.05) is 30.3 Å². The molecule has 0 spiro atoms. The Morgan fingerprint density at radius 3 is 2.68 bits per heavy atom. The molecule has 0 unspecified atom stereocenters. The number of fused-ring (bicyclic) bond motifs is 2. The zero-order valence-electron chi connectivity index (χ0n) is 20.3. The minimum Gasteiger partial charge on any atom is -0.492 e. The van der Waals surface area contributed by atoms with Gasteiger partial charge in [-0.25, -0.2) is 0 Å². The van der Waals surface area contributed by atoms with Crippen LogP contribution >= 0.6 is 0 Å². The van der Waals surface area contributed by atoms with Crippen LogP contribution in [0.25, 0.3) is 10.9 Å². The van der Waals surface area contributed by atoms with Crippen molar-refractivity contribution in [3.63, 3.8) is 0 Å². The van der Waals surface area contributed by atoms with Gasteiger partial charge in [-0.2, -0.15) is 0 Å². The van der Waals surface area contributed by atoms with Gasteiger partial charge in [-0.05, 0) is 43.5 Å². The quantitative estimate of drug-likeness (QED) is 0.546. The molecule has 0 radical (unpaired) electrons. The number of ether oxygens (including phenoxy) is 2. The van der Waals surface area contributed by atoms with Gasteiger partial charge in [0.15, 0.2) is 0 Å². The Morgan fingerprint density at radius 2 is 1.85 bits per heavy atom. The molecule has 1 fully saturated rings. The summed E-state index contributed by atoms with van der Waals surface area (Å²) in [5.74, 6) is 1.19. The molecule has 2 aromatic carbocycles. The zero-order chi connectivity index (χ0) is 23.5. The number of hydrogen-bond acceptors (Lipinski definition) is 4. The van der Waals surface area contributed by atoms with Gasteiger partial charge in [0.1, 0.15) is 12.4 Å². The highest BCUT2D eigenvalue weighted by Crippen LogP contribution is 2.29. The number of rotatable bonds is 6. The largest absolute Gasteiger partial charge is 0.492 e. The van der Waals surface area contributed by atoms with Crippen LogP contribution in [0.4, 0.5) is 0 Å². The predicted molar refractivity (Wildman–Crippen MR) is 134 cm³/mol. The fourth-order valence-electron chi connectivity index (χ4n) is 5.09. The molecule has 1 amide bonds. The van der Waals surface area contributed by atoms with Crippen LogP contribution in [-0.4, -0.2) is 59.7 Å². The fourth-order valence-corrected chi connectivity index (χ4v) is 5.09. The van der Waals surface area contributed by atoms with Gasteiger partial charge in [0, 0.05) is 67.8 Å². The second-order valence-corrected chi connectivity index (χ2v) is 9.67. The summed E-state index contributed by atoms with van der Waals surface area (Å²) in [7, 11) is 0. The van der Waals surface area contributed by atoms with Gasteiger partial charge in [0.25, 0.3) is 0 Å². The van der Waals surface area contributed by atoms with E-state index in [-0.39, 0.29) is 5.91 Å². The van der Waals surface area contributed by atoms with Crippen molar-refractivity contribution in [1.82, 2.24) is 14.4 Å². The first kappa shape index (κ1) is 22.9. The van der Waals surface area contributed by atoms with Crippen LogP contribution in [0.1, 0.15) is 43.0 Å². The number of morpholine rings is 1. The summed E-state index contributed by atoms with van der Waals surface area (Å²) in [6.07, 6.45) is 3.61. The molecule has 3 heterocycles. The fraction of sp³-hybridized carbons (Fsp3) is 0.464. The van der Waals surface area contributed by atoms with Gasteiger partial charge in [-0.15, -0.1) is 0 Å². The predicted octanol–water partition coefficient (Wildman–Crippen LogP) is 4.41. The maximum atomic E-state index is 12.6. The lowest BCUT2D eigenvalue weighted by Crippen LogP contribution is -2.40. The van der Waals surface area contributed by atoms with Crippen molar-refractivity contribution in [3.05, 3.63) is 65.4 Å². The summed E-state index contributed by atoms with van der Waals surface area (Å²) < 4.78 is 13.8. The van der Waals surface area contributed by atoms with Gasteiger partial charge in [-0.3, -0.25) is 9.69 Å². The number of para-hydroxylation sites is 1. The van der Waals surface area contributed by atoms with E-state index in [0.717, 1.165) is 31.8 Å². The minimum atomic E-state index is 0.220. The molecule has 0 aliphatic carbocycles. The highest BCUT2D eigenvalue weighted by molar-refractivity contribution is 5.84. The van der Waals surface area contributed by atoms with E-state index in [4.69, 9.17) is 9.47 Å². The third kappa shape index (κ3) is 4.98. The lowest BCUT2D eigenvalue weighted by molar-refractivity contribution is -0.135. The summed E-state index contributed by atoms with van der Waals surface area (Å²) in [6.45, 7) is 10.5. The molecule has 0 atom stereocenters. The van der Waals surface area contributed by atoms with Gasteiger partial charge in [0.05, 0.1) is 13.2 Å². The van der Waals surface area contributed by atoms with Crippen LogP contribution in [0, 0.1) is 0 Å². The highest BCUT2D eigenvalue weighted by atomic mass is 16.5. The molecule has 2 aliphatic heterocycles. The highest BCUT2D eigenvalue weighted by Gasteiger charge is 2.20. The Labute approximate surface area is 202 Å². The number of carbonyl (C=O) groups is 1. The molecule has 34 heavy (non-hydrogen) atoms. The number of benzene rings is 2. The molecule has 0 N–H and O–H groups in total. The average Bonchev–Trinajstić information content (AvgIpc) is 3.10. The Hall–Kier alpha value is -2.83. The molecule has 0 saturated carbocycles. The standard InChI is InChI=1S/C28H35N3O3/c1-21(2)31-20-24(25-5-3-4-6-26(25)31)19-29-11-16-34-27-9-7-22(17-23(27)18-29)8-10-28(32)30-12-14-33-15-13-30/h3-7,9,17,20-21H,8,10-16,18-19H2,1-2H3. The molecule has 1 saturated heterocycles. The van der Waals surface area contributed by atoms with Crippen LogP contribution in [0.5, 0.6) is 5.75 Å². The van der Waals surface area contributed by atoms with E-state index in [9.17, 15) is 4.79 Å². The van der Waals surface area contributed by atoms with Crippen LogP contribution in [0.3, 0.4) is 0 Å². The molecule has 6 heteroatoms. The molecule has 5 rings (SSSR count). The molecule has 0 bridgehead atoms. The first-order chi connectivity index (χ1) is 16.6. The third-order valence-corrected chi connectivity index (χ3v) is 6.95. The van der Waals surface area contributed by atoms with Crippen molar-refractivity contribution < 1.29 is 14.3 Å². The molecule has 1 aromatic heterocycles. The summed E-state index contributed by atoms with van der Waals surface area (Å²) in [5.41, 5.74) is 5.06. The lowest BCUT2D eigenvalue weighted by atomic mass is 10.0. The van der Waals surface area contributed by atoms with Gasteiger partial charge >= 0.3 is 0 Å². The number of hydrogen-bond donors (Lipinski definition) is 0. The maximum Gasteiger partial charge on any atom is 0.223 e. The summed E-state index contributed by atoms with van der Waals surface area (Å²) in [6, 6.07) is 15.5.